The van der Waals surface area contributed by atoms with Gasteiger partial charge in [0.2, 0.25) is 5.76 Å². The van der Waals surface area contributed by atoms with E-state index >= 15 is 0 Å². The summed E-state index contributed by atoms with van der Waals surface area (Å²) in [5.41, 5.74) is 0. The van der Waals surface area contributed by atoms with Gasteiger partial charge in [-0.25, -0.2) is 4.79 Å². The Kier molecular flexibility index (Phi) is 3.32. The number of ether oxygens (including phenoxy) is 1. The average molecular weight is 168 g/mol. The van der Waals surface area contributed by atoms with Gasteiger partial charge >= 0.3 is 5.97 Å². The Morgan fingerprint density at radius 3 is 3.25 bits per heavy atom. The number of carbonyl (C=O) groups is 1. The number of hydrogen-bond acceptors (Lipinski definition) is 4. The predicted octanol–water partition coefficient (Wildman–Crippen LogP) is 1.43. The summed E-state index contributed by atoms with van der Waals surface area (Å²) >= 11 is 0. The molecule has 12 heavy (non-hydrogen) atoms. The van der Waals surface area contributed by atoms with Crippen LogP contribution in [0.25, 0.3) is 0 Å². The fraction of sp³-hybridized carbons (Fsp3) is 0.500. The monoisotopic (exact) mass is 168 g/mol. The molecule has 1 aromatic heterocycles. The van der Waals surface area contributed by atoms with Gasteiger partial charge in [-0.2, -0.15) is 0 Å². The molecule has 0 saturated carbocycles. The van der Waals surface area contributed by atoms with Gasteiger partial charge in [0.1, 0.15) is 6.20 Å². The van der Waals surface area contributed by atoms with Crippen LogP contribution < -0.4 is 0 Å². The molecule has 1 radical (unpaired) electrons. The summed E-state index contributed by atoms with van der Waals surface area (Å²) in [6.45, 7) is 2.45. The number of carbonyl (C=O) groups excluding carboxylic acids is 1. The van der Waals surface area contributed by atoms with E-state index in [1.165, 1.54) is 6.07 Å². The highest BCUT2D eigenvalue weighted by Crippen LogP contribution is 1.99. The van der Waals surface area contributed by atoms with Crippen LogP contribution in [0.2, 0.25) is 0 Å². The molecule has 0 N–H and O–H groups in total. The number of unbranched alkanes of at least 4 members (excludes halogenated alkanes) is 1. The van der Waals surface area contributed by atoms with E-state index in [2.05, 4.69) is 15.9 Å². The maximum atomic E-state index is 11.0. The van der Waals surface area contributed by atoms with Crippen molar-refractivity contribution in [3.63, 3.8) is 0 Å². The van der Waals surface area contributed by atoms with E-state index in [4.69, 9.17) is 4.74 Å². The highest BCUT2D eigenvalue weighted by Gasteiger charge is 2.10. The third kappa shape index (κ3) is 2.38. The van der Waals surface area contributed by atoms with Gasteiger partial charge in [0.25, 0.3) is 0 Å². The molecule has 0 aromatic carbocycles. The SMILES string of the molecule is CCCCOC(=O)c1c[c]no1. The maximum absolute atomic E-state index is 11.0. The topological polar surface area (TPSA) is 52.3 Å². The fourth-order valence-electron chi connectivity index (χ4n) is 0.663. The van der Waals surface area contributed by atoms with Crippen LogP contribution in [-0.2, 0) is 4.74 Å². The van der Waals surface area contributed by atoms with Crippen molar-refractivity contribution >= 4 is 5.97 Å². The summed E-state index contributed by atoms with van der Waals surface area (Å²) in [4.78, 5) is 11.0. The van der Waals surface area contributed by atoms with Crippen molar-refractivity contribution in [1.29, 1.82) is 0 Å². The molecule has 1 rings (SSSR count). The first-order chi connectivity index (χ1) is 5.84. The molecular weight excluding hydrogens is 158 g/mol. The van der Waals surface area contributed by atoms with Crippen molar-refractivity contribution < 1.29 is 14.1 Å². The summed E-state index contributed by atoms with van der Waals surface area (Å²) in [6, 6.07) is 1.36. The second-order valence-corrected chi connectivity index (χ2v) is 2.31. The summed E-state index contributed by atoms with van der Waals surface area (Å²) in [7, 11) is 0. The number of rotatable bonds is 4. The molecule has 0 unspecified atom stereocenters. The Morgan fingerprint density at radius 1 is 1.83 bits per heavy atom. The molecule has 65 valence electrons. The first-order valence-corrected chi connectivity index (χ1v) is 3.84. The lowest BCUT2D eigenvalue weighted by atomic mass is 10.4. The van der Waals surface area contributed by atoms with Gasteiger partial charge in [0.15, 0.2) is 0 Å². The zero-order valence-electron chi connectivity index (χ0n) is 6.87. The Labute approximate surface area is 70.5 Å². The quantitative estimate of drug-likeness (QED) is 0.504. The van der Waals surface area contributed by atoms with Crippen molar-refractivity contribution in [2.45, 2.75) is 19.8 Å². The van der Waals surface area contributed by atoms with Crippen molar-refractivity contribution in [2.75, 3.05) is 6.61 Å². The van der Waals surface area contributed by atoms with Crippen LogP contribution in [0.4, 0.5) is 0 Å². The van der Waals surface area contributed by atoms with E-state index in [1.54, 1.807) is 0 Å². The number of aromatic nitrogens is 1. The first kappa shape index (κ1) is 8.77. The van der Waals surface area contributed by atoms with Crippen LogP contribution in [-0.4, -0.2) is 17.7 Å². The largest absolute Gasteiger partial charge is 0.460 e. The number of hydrogen-bond donors (Lipinski definition) is 0. The zero-order chi connectivity index (χ0) is 8.81. The zero-order valence-corrected chi connectivity index (χ0v) is 6.87. The molecule has 0 spiro atoms. The molecule has 0 fully saturated rings. The minimum absolute atomic E-state index is 0.103. The molecule has 1 aromatic rings. The fourth-order valence-corrected chi connectivity index (χ4v) is 0.663. The number of esters is 1. The second kappa shape index (κ2) is 4.54. The van der Waals surface area contributed by atoms with E-state index in [1.807, 2.05) is 6.92 Å². The summed E-state index contributed by atoms with van der Waals surface area (Å²) < 4.78 is 9.38. The molecule has 0 atom stereocenters. The Bertz CT molecular complexity index is 230. The minimum Gasteiger partial charge on any atom is -0.460 e. The third-order valence-electron chi connectivity index (χ3n) is 1.32. The predicted molar refractivity (Wildman–Crippen MR) is 40.5 cm³/mol. The van der Waals surface area contributed by atoms with Gasteiger partial charge < -0.3 is 9.26 Å². The first-order valence-electron chi connectivity index (χ1n) is 3.84. The molecule has 0 saturated heterocycles. The van der Waals surface area contributed by atoms with Crippen LogP contribution in [0.1, 0.15) is 30.3 Å². The van der Waals surface area contributed by atoms with Crippen LogP contribution in [0.15, 0.2) is 10.6 Å². The van der Waals surface area contributed by atoms with Crippen LogP contribution in [0, 0.1) is 6.20 Å². The molecule has 0 amide bonds. The van der Waals surface area contributed by atoms with Gasteiger partial charge in [0, 0.05) is 6.07 Å². The van der Waals surface area contributed by atoms with Gasteiger partial charge in [-0.05, 0) is 6.42 Å². The molecular formula is C8H10NO3. The van der Waals surface area contributed by atoms with E-state index in [-0.39, 0.29) is 5.76 Å². The molecule has 0 aliphatic heterocycles. The van der Waals surface area contributed by atoms with Crippen LogP contribution >= 0.6 is 0 Å². The van der Waals surface area contributed by atoms with Crippen molar-refractivity contribution in [3.05, 3.63) is 18.0 Å². The highest BCUT2D eigenvalue weighted by atomic mass is 16.6. The van der Waals surface area contributed by atoms with Crippen molar-refractivity contribution in [1.82, 2.24) is 5.16 Å². The van der Waals surface area contributed by atoms with E-state index < -0.39 is 5.97 Å². The molecule has 1 heterocycles. The molecule has 4 heteroatoms. The van der Waals surface area contributed by atoms with E-state index in [0.29, 0.717) is 6.61 Å². The molecule has 0 aliphatic carbocycles. The highest BCUT2D eigenvalue weighted by molar-refractivity contribution is 5.85. The van der Waals surface area contributed by atoms with E-state index in [0.717, 1.165) is 12.8 Å². The van der Waals surface area contributed by atoms with Crippen molar-refractivity contribution in [2.24, 2.45) is 0 Å². The lowest BCUT2D eigenvalue weighted by molar-refractivity contribution is 0.0453. The maximum Gasteiger partial charge on any atom is 0.377 e. The lowest BCUT2D eigenvalue weighted by Crippen LogP contribution is -2.04. The smallest absolute Gasteiger partial charge is 0.377 e. The third-order valence-corrected chi connectivity index (χ3v) is 1.32. The van der Waals surface area contributed by atoms with Gasteiger partial charge in [0.05, 0.1) is 6.61 Å². The summed E-state index contributed by atoms with van der Waals surface area (Å²) in [5.74, 6) is -0.372. The van der Waals surface area contributed by atoms with Gasteiger partial charge in [-0.3, -0.25) is 0 Å². The molecule has 0 bridgehead atoms. The van der Waals surface area contributed by atoms with Crippen molar-refractivity contribution in [3.8, 4) is 0 Å². The van der Waals surface area contributed by atoms with Gasteiger partial charge in [-0.1, -0.05) is 18.5 Å². The minimum atomic E-state index is -0.475. The lowest BCUT2D eigenvalue weighted by Gasteiger charge is -1.98. The summed E-state index contributed by atoms with van der Waals surface area (Å²) in [6.07, 6.45) is 4.24. The second-order valence-electron chi connectivity index (χ2n) is 2.31. The van der Waals surface area contributed by atoms with Gasteiger partial charge in [-0.15, -0.1) is 0 Å². The summed E-state index contributed by atoms with van der Waals surface area (Å²) in [5, 5.41) is 3.27. The molecule has 4 nitrogen and oxygen atoms in total. The Hall–Kier alpha value is -1.32. The average Bonchev–Trinajstić information content (AvgIpc) is 2.56. The normalized spacial score (nSPS) is 9.75. The molecule has 0 aliphatic rings. The Balaban J connectivity index is 2.30. The van der Waals surface area contributed by atoms with E-state index in [9.17, 15) is 4.79 Å². The standard InChI is InChI=1S/C8H10NO3/c1-2-3-6-11-8(10)7-4-5-9-12-7/h4H,2-3,6H2,1H3. The number of nitrogens with zero attached hydrogens (tertiary/aromatic N) is 1. The van der Waals surface area contributed by atoms with Crippen LogP contribution in [0.3, 0.4) is 0 Å². The Morgan fingerprint density at radius 2 is 2.67 bits per heavy atom. The van der Waals surface area contributed by atoms with Crippen LogP contribution in [0.5, 0.6) is 0 Å².